The smallest absolute Gasteiger partial charge is 0.225 e. The van der Waals surface area contributed by atoms with E-state index in [2.05, 4.69) is 21.4 Å². The Bertz CT molecular complexity index is 1140. The van der Waals surface area contributed by atoms with Gasteiger partial charge in [0.05, 0.1) is 24.4 Å². The van der Waals surface area contributed by atoms with Gasteiger partial charge < -0.3 is 14.8 Å². The Morgan fingerprint density at radius 3 is 2.60 bits per heavy atom. The number of thiazole rings is 1. The minimum atomic E-state index is -0.0926. The molecule has 0 unspecified atom stereocenters. The molecule has 2 heterocycles. The van der Waals surface area contributed by atoms with Crippen LogP contribution in [-0.2, 0) is 11.2 Å². The number of aryl methyl sites for hydroxylation is 1. The number of pyridine rings is 1. The molecule has 7 heteroatoms. The van der Waals surface area contributed by atoms with Gasteiger partial charge in [0.15, 0.2) is 11.5 Å². The maximum Gasteiger partial charge on any atom is 0.225 e. The molecule has 0 bridgehead atoms. The zero-order chi connectivity index (χ0) is 20.9. The van der Waals surface area contributed by atoms with Crippen LogP contribution in [0.2, 0.25) is 0 Å². The number of carbonyl (C=O) groups is 1. The van der Waals surface area contributed by atoms with Crippen LogP contribution in [0, 0.1) is 0 Å². The molecule has 4 rings (SSSR count). The maximum absolute atomic E-state index is 12.3. The summed E-state index contributed by atoms with van der Waals surface area (Å²) in [6.45, 7) is 0. The van der Waals surface area contributed by atoms with Crippen molar-refractivity contribution in [3.8, 4) is 22.1 Å². The van der Waals surface area contributed by atoms with Gasteiger partial charge in [0.25, 0.3) is 0 Å². The summed E-state index contributed by atoms with van der Waals surface area (Å²) in [5, 5.41) is 3.76. The number of hydrogen-bond donors (Lipinski definition) is 1. The monoisotopic (exact) mass is 419 g/mol. The zero-order valence-corrected chi connectivity index (χ0v) is 17.5. The normalized spacial score (nSPS) is 10.7. The van der Waals surface area contributed by atoms with Gasteiger partial charge in [0.1, 0.15) is 10.8 Å². The van der Waals surface area contributed by atoms with Crippen molar-refractivity contribution in [3.05, 3.63) is 66.4 Å². The van der Waals surface area contributed by atoms with Gasteiger partial charge in [-0.05, 0) is 48.4 Å². The van der Waals surface area contributed by atoms with Gasteiger partial charge in [-0.15, -0.1) is 11.3 Å². The Labute approximate surface area is 178 Å². The van der Waals surface area contributed by atoms with Crippen LogP contribution in [-0.4, -0.2) is 30.1 Å². The third-order valence-corrected chi connectivity index (χ3v) is 5.75. The van der Waals surface area contributed by atoms with Crippen LogP contribution in [0.4, 0.5) is 5.82 Å². The van der Waals surface area contributed by atoms with E-state index in [-0.39, 0.29) is 5.91 Å². The van der Waals surface area contributed by atoms with E-state index < -0.39 is 0 Å². The Morgan fingerprint density at radius 1 is 1.03 bits per heavy atom. The topological polar surface area (TPSA) is 73.3 Å². The number of amides is 1. The summed E-state index contributed by atoms with van der Waals surface area (Å²) in [5.74, 6) is 1.76. The predicted molar refractivity (Wildman–Crippen MR) is 119 cm³/mol. The fourth-order valence-electron chi connectivity index (χ4n) is 3.09. The first-order valence-electron chi connectivity index (χ1n) is 9.49. The highest BCUT2D eigenvalue weighted by atomic mass is 32.1. The van der Waals surface area contributed by atoms with E-state index in [0.717, 1.165) is 26.4 Å². The molecular weight excluding hydrogens is 398 g/mol. The second-order valence-electron chi connectivity index (χ2n) is 6.66. The number of nitrogens with zero attached hydrogens (tertiary/aromatic N) is 2. The molecule has 1 N–H and O–H groups in total. The number of benzene rings is 2. The van der Waals surface area contributed by atoms with Crippen molar-refractivity contribution in [2.24, 2.45) is 0 Å². The van der Waals surface area contributed by atoms with Crippen molar-refractivity contribution in [1.29, 1.82) is 0 Å². The average Bonchev–Trinajstić information content (AvgIpc) is 3.22. The number of para-hydroxylation sites is 1. The van der Waals surface area contributed by atoms with Crippen LogP contribution in [0.1, 0.15) is 12.0 Å². The molecule has 6 nitrogen and oxygen atoms in total. The molecule has 0 atom stereocenters. The first kappa shape index (κ1) is 19.8. The number of carbonyl (C=O) groups excluding carboxylic acids is 1. The third kappa shape index (κ3) is 4.41. The fourth-order valence-corrected chi connectivity index (χ4v) is 4.05. The summed E-state index contributed by atoms with van der Waals surface area (Å²) in [6, 6.07) is 17.4. The number of anilines is 1. The highest BCUT2D eigenvalue weighted by Gasteiger charge is 2.09. The number of ether oxygens (including phenoxy) is 2. The van der Waals surface area contributed by atoms with Gasteiger partial charge in [-0.3, -0.25) is 4.79 Å². The Hall–Kier alpha value is -3.45. The number of nitrogens with one attached hydrogen (secondary N) is 1. The standard InChI is InChI=1S/C23H21N3O3S/c1-28-18-10-7-15(13-19(18)29-2)8-12-22(27)26-21-11-9-16(14-24-21)23-25-17-5-3-4-6-20(17)30-23/h3-7,9-11,13-14H,8,12H2,1-2H3,(H,24,26,27). The van der Waals surface area contributed by atoms with Gasteiger partial charge in [-0.1, -0.05) is 18.2 Å². The van der Waals surface area contributed by atoms with Crippen molar-refractivity contribution in [1.82, 2.24) is 9.97 Å². The van der Waals surface area contributed by atoms with Crippen molar-refractivity contribution in [2.75, 3.05) is 19.5 Å². The number of aromatic nitrogens is 2. The Morgan fingerprint density at radius 2 is 1.87 bits per heavy atom. The SMILES string of the molecule is COc1ccc(CCC(=O)Nc2ccc(-c3nc4ccccc4s3)cn2)cc1OC. The molecule has 1 amide bonds. The molecule has 2 aromatic heterocycles. The molecule has 0 radical (unpaired) electrons. The van der Waals surface area contributed by atoms with Crippen LogP contribution in [0.5, 0.6) is 11.5 Å². The van der Waals surface area contributed by atoms with E-state index in [9.17, 15) is 4.79 Å². The average molecular weight is 420 g/mol. The molecule has 0 aliphatic heterocycles. The molecule has 4 aromatic rings. The van der Waals surface area contributed by atoms with Gasteiger partial charge in [-0.2, -0.15) is 0 Å². The van der Waals surface area contributed by atoms with E-state index in [1.807, 2.05) is 42.5 Å². The van der Waals surface area contributed by atoms with Crippen molar-refractivity contribution in [3.63, 3.8) is 0 Å². The van der Waals surface area contributed by atoms with Crippen LogP contribution >= 0.6 is 11.3 Å². The van der Waals surface area contributed by atoms with Gasteiger partial charge in [-0.25, -0.2) is 9.97 Å². The number of rotatable bonds is 7. The van der Waals surface area contributed by atoms with Crippen molar-refractivity contribution < 1.29 is 14.3 Å². The second kappa shape index (κ2) is 8.92. The van der Waals surface area contributed by atoms with Crippen LogP contribution in [0.3, 0.4) is 0 Å². The number of fused-ring (bicyclic) bond motifs is 1. The highest BCUT2D eigenvalue weighted by molar-refractivity contribution is 7.21. The summed E-state index contributed by atoms with van der Waals surface area (Å²) < 4.78 is 11.7. The van der Waals surface area contributed by atoms with Gasteiger partial charge >= 0.3 is 0 Å². The van der Waals surface area contributed by atoms with E-state index in [0.29, 0.717) is 30.2 Å². The van der Waals surface area contributed by atoms with E-state index in [1.165, 1.54) is 0 Å². The van der Waals surface area contributed by atoms with Crippen molar-refractivity contribution >= 4 is 33.3 Å². The summed E-state index contributed by atoms with van der Waals surface area (Å²) >= 11 is 1.62. The third-order valence-electron chi connectivity index (χ3n) is 4.66. The maximum atomic E-state index is 12.3. The van der Waals surface area contributed by atoms with Crippen LogP contribution in [0.25, 0.3) is 20.8 Å². The van der Waals surface area contributed by atoms with E-state index >= 15 is 0 Å². The van der Waals surface area contributed by atoms with Crippen molar-refractivity contribution in [2.45, 2.75) is 12.8 Å². The lowest BCUT2D eigenvalue weighted by Gasteiger charge is -2.09. The zero-order valence-electron chi connectivity index (χ0n) is 16.7. The Kier molecular flexibility index (Phi) is 5.90. The first-order chi connectivity index (χ1) is 14.7. The summed E-state index contributed by atoms with van der Waals surface area (Å²) in [6.07, 6.45) is 2.68. The molecule has 0 saturated carbocycles. The molecule has 152 valence electrons. The highest BCUT2D eigenvalue weighted by Crippen LogP contribution is 2.30. The lowest BCUT2D eigenvalue weighted by Crippen LogP contribution is -2.13. The molecule has 0 aliphatic rings. The lowest BCUT2D eigenvalue weighted by molar-refractivity contribution is -0.116. The van der Waals surface area contributed by atoms with Crippen LogP contribution in [0.15, 0.2) is 60.8 Å². The molecule has 30 heavy (non-hydrogen) atoms. The lowest BCUT2D eigenvalue weighted by atomic mass is 10.1. The molecule has 0 fully saturated rings. The molecule has 2 aromatic carbocycles. The van der Waals surface area contributed by atoms with Gasteiger partial charge in [0.2, 0.25) is 5.91 Å². The quantitative estimate of drug-likeness (QED) is 0.459. The second-order valence-corrected chi connectivity index (χ2v) is 7.69. The minimum absolute atomic E-state index is 0.0926. The minimum Gasteiger partial charge on any atom is -0.493 e. The van der Waals surface area contributed by atoms with E-state index in [1.54, 1.807) is 37.8 Å². The molecule has 0 aliphatic carbocycles. The predicted octanol–water partition coefficient (Wildman–Crippen LogP) is 4.95. The number of hydrogen-bond acceptors (Lipinski definition) is 6. The summed E-state index contributed by atoms with van der Waals surface area (Å²) in [7, 11) is 3.19. The summed E-state index contributed by atoms with van der Waals surface area (Å²) in [5.41, 5.74) is 2.91. The fraction of sp³-hybridized carbons (Fsp3) is 0.174. The van der Waals surface area contributed by atoms with Gasteiger partial charge in [0, 0.05) is 18.2 Å². The largest absolute Gasteiger partial charge is 0.493 e. The van der Waals surface area contributed by atoms with E-state index in [4.69, 9.17) is 9.47 Å². The Balaban J connectivity index is 1.37. The van der Waals surface area contributed by atoms with Crippen LogP contribution < -0.4 is 14.8 Å². The molecule has 0 spiro atoms. The molecule has 0 saturated heterocycles. The summed E-state index contributed by atoms with van der Waals surface area (Å²) in [4.78, 5) is 21.3. The first-order valence-corrected chi connectivity index (χ1v) is 10.3. The number of methoxy groups -OCH3 is 2. The molecular formula is C23H21N3O3S.